The van der Waals surface area contributed by atoms with Crippen LogP contribution in [0.5, 0.6) is 0 Å². The maximum Gasteiger partial charge on any atom is 0.326 e. The second-order valence-corrected chi connectivity index (χ2v) is 17.9. The van der Waals surface area contributed by atoms with Crippen molar-refractivity contribution in [2.45, 2.75) is 185 Å². The van der Waals surface area contributed by atoms with Crippen LogP contribution in [-0.4, -0.2) is 101 Å². The molecular weight excluding hydrogens is 843 g/mol. The Hall–Kier alpha value is -5.19. The SMILES string of the molecule is CC(C)C[C@H](NC(=O)[C@@H](NC(=O)CCCCCCCC(CCCCCCC=O)N[C@@H](CCCCN)C(=O)N[C@@H](Cc1ccccc1)C(=O)O)[C@H](C)O)C(=O)N[C@@H](Cc1ccccc1)C(N)=O. The molecule has 0 saturated heterocycles. The number of carboxylic acids is 1. The molecule has 66 heavy (non-hydrogen) atoms. The zero-order valence-electron chi connectivity index (χ0n) is 39.5. The smallest absolute Gasteiger partial charge is 0.326 e. The van der Waals surface area contributed by atoms with Gasteiger partial charge in [0.2, 0.25) is 29.5 Å². The molecule has 0 aliphatic rings. The zero-order chi connectivity index (χ0) is 48.7. The molecule has 7 atom stereocenters. The largest absolute Gasteiger partial charge is 0.480 e. The number of nitrogens with one attached hydrogen (secondary N) is 5. The van der Waals surface area contributed by atoms with Crippen molar-refractivity contribution >= 4 is 41.8 Å². The predicted molar refractivity (Wildman–Crippen MR) is 256 cm³/mol. The lowest BCUT2D eigenvalue weighted by atomic mass is 9.98. The summed E-state index contributed by atoms with van der Waals surface area (Å²) in [6.45, 7) is 5.62. The molecule has 2 rings (SSSR count). The number of aliphatic hydroxyl groups excluding tert-OH is 1. The number of carbonyl (C=O) groups is 7. The number of unbranched alkanes of at least 4 members (excludes halogenated alkanes) is 9. The first-order valence-electron chi connectivity index (χ1n) is 24.0. The van der Waals surface area contributed by atoms with Gasteiger partial charge in [-0.05, 0) is 75.5 Å². The van der Waals surface area contributed by atoms with E-state index in [1.54, 1.807) is 0 Å². The van der Waals surface area contributed by atoms with Crippen molar-refractivity contribution in [2.75, 3.05) is 6.54 Å². The lowest BCUT2D eigenvalue weighted by Gasteiger charge is -2.27. The summed E-state index contributed by atoms with van der Waals surface area (Å²) >= 11 is 0. The number of primary amides is 1. The van der Waals surface area contributed by atoms with Crippen LogP contribution in [0.15, 0.2) is 60.7 Å². The first-order chi connectivity index (χ1) is 31.6. The monoisotopic (exact) mass is 922 g/mol. The van der Waals surface area contributed by atoms with E-state index >= 15 is 0 Å². The number of hydrogen-bond donors (Lipinski definition) is 9. The van der Waals surface area contributed by atoms with Gasteiger partial charge in [-0.15, -0.1) is 0 Å². The van der Waals surface area contributed by atoms with Gasteiger partial charge in [0.05, 0.1) is 12.1 Å². The third kappa shape index (κ3) is 24.4. The van der Waals surface area contributed by atoms with E-state index in [-0.39, 0.29) is 43.6 Å². The van der Waals surface area contributed by atoms with Gasteiger partial charge in [0.25, 0.3) is 0 Å². The minimum Gasteiger partial charge on any atom is -0.480 e. The van der Waals surface area contributed by atoms with Gasteiger partial charge >= 0.3 is 5.97 Å². The molecule has 1 unspecified atom stereocenters. The summed E-state index contributed by atoms with van der Waals surface area (Å²) < 4.78 is 0. The number of carbonyl (C=O) groups excluding carboxylic acids is 6. The Morgan fingerprint density at radius 1 is 0.606 bits per heavy atom. The number of carboxylic acid groups (broad SMARTS) is 1. The Morgan fingerprint density at radius 3 is 1.64 bits per heavy atom. The number of amides is 5. The minimum absolute atomic E-state index is 0.00140. The summed E-state index contributed by atoms with van der Waals surface area (Å²) in [6.07, 6.45) is 12.0. The number of aliphatic carboxylic acids is 1. The Kier molecular flexibility index (Phi) is 28.7. The van der Waals surface area contributed by atoms with Crippen molar-refractivity contribution in [3.8, 4) is 0 Å². The molecule has 16 heteroatoms. The lowest BCUT2D eigenvalue weighted by Crippen LogP contribution is -2.59. The Morgan fingerprint density at radius 2 is 1.11 bits per heavy atom. The van der Waals surface area contributed by atoms with Gasteiger partial charge in [-0.25, -0.2) is 4.79 Å². The van der Waals surface area contributed by atoms with Crippen molar-refractivity contribution in [3.63, 3.8) is 0 Å². The molecule has 11 N–H and O–H groups in total. The molecule has 5 amide bonds. The van der Waals surface area contributed by atoms with Gasteiger partial charge in [0, 0.05) is 31.7 Å². The summed E-state index contributed by atoms with van der Waals surface area (Å²) in [4.78, 5) is 88.8. The third-order valence-corrected chi connectivity index (χ3v) is 11.5. The summed E-state index contributed by atoms with van der Waals surface area (Å²) in [5.41, 5.74) is 13.0. The van der Waals surface area contributed by atoms with Crippen molar-refractivity contribution in [1.82, 2.24) is 26.6 Å². The van der Waals surface area contributed by atoms with Crippen molar-refractivity contribution in [1.29, 1.82) is 0 Å². The average Bonchev–Trinajstić information content (AvgIpc) is 3.28. The second-order valence-electron chi connectivity index (χ2n) is 17.9. The van der Waals surface area contributed by atoms with Gasteiger partial charge < -0.3 is 53.1 Å². The first-order valence-corrected chi connectivity index (χ1v) is 24.0. The highest BCUT2D eigenvalue weighted by Gasteiger charge is 2.32. The van der Waals surface area contributed by atoms with Gasteiger partial charge in [0.15, 0.2) is 0 Å². The van der Waals surface area contributed by atoms with Crippen LogP contribution in [0.4, 0.5) is 0 Å². The fourth-order valence-electron chi connectivity index (χ4n) is 7.84. The van der Waals surface area contributed by atoms with Gasteiger partial charge in [-0.3, -0.25) is 24.0 Å². The number of aldehydes is 1. The molecule has 0 radical (unpaired) electrons. The van der Waals surface area contributed by atoms with E-state index in [1.807, 2.05) is 74.5 Å². The van der Waals surface area contributed by atoms with Crippen LogP contribution in [0, 0.1) is 5.92 Å². The molecule has 0 spiro atoms. The number of rotatable bonds is 37. The Labute approximate surface area is 392 Å². The molecule has 0 heterocycles. The van der Waals surface area contributed by atoms with Gasteiger partial charge in [0.1, 0.15) is 30.5 Å². The van der Waals surface area contributed by atoms with E-state index in [0.717, 1.165) is 88.0 Å². The number of nitrogens with two attached hydrogens (primary N) is 2. The van der Waals surface area contributed by atoms with Crippen molar-refractivity contribution in [3.05, 3.63) is 71.8 Å². The quantitative estimate of drug-likeness (QED) is 0.0343. The van der Waals surface area contributed by atoms with Crippen LogP contribution in [0.1, 0.15) is 141 Å². The van der Waals surface area contributed by atoms with Gasteiger partial charge in [-0.1, -0.05) is 126 Å². The van der Waals surface area contributed by atoms with Crippen LogP contribution in [0.3, 0.4) is 0 Å². The Bertz CT molecular complexity index is 1730. The third-order valence-electron chi connectivity index (χ3n) is 11.5. The van der Waals surface area contributed by atoms with E-state index in [1.165, 1.54) is 6.92 Å². The Balaban J connectivity index is 1.96. The highest BCUT2D eigenvalue weighted by Crippen LogP contribution is 2.17. The van der Waals surface area contributed by atoms with E-state index in [0.29, 0.717) is 32.2 Å². The highest BCUT2D eigenvalue weighted by atomic mass is 16.4. The molecule has 0 bridgehead atoms. The van der Waals surface area contributed by atoms with Crippen molar-refractivity contribution < 1.29 is 43.8 Å². The minimum atomic E-state index is -1.31. The van der Waals surface area contributed by atoms with Crippen LogP contribution < -0.4 is 38.1 Å². The standard InChI is InChI=1S/C50H79N7O9/c1-35(2)32-42(48(63)54-41(46(52)61)33-37-22-12-10-13-23-37)55-49(64)45(36(3)59)57-44(60)29-18-8-4-6-16-26-39(27-17-7-5-9-21-31-58)53-40(28-19-20-30-51)47(62)56-43(50(65)66)34-38-24-14-11-15-25-38/h10-15,22-25,31,35-36,39-43,45,53,59H,4-9,16-21,26-30,32-34,51H2,1-3H3,(H2,52,61)(H,54,63)(H,55,64)(H,56,62)(H,57,60)(H,65,66)/t36-,39?,40-,41-,42-,43-,45-/m0/s1. The summed E-state index contributed by atoms with van der Waals surface area (Å²) in [7, 11) is 0. The number of benzene rings is 2. The van der Waals surface area contributed by atoms with E-state index in [4.69, 9.17) is 11.5 Å². The van der Waals surface area contributed by atoms with Crippen molar-refractivity contribution in [2.24, 2.45) is 17.4 Å². The maximum absolute atomic E-state index is 13.7. The molecule has 16 nitrogen and oxygen atoms in total. The molecule has 2 aromatic carbocycles. The fraction of sp³-hybridized carbons (Fsp3) is 0.620. The molecule has 0 aliphatic carbocycles. The van der Waals surface area contributed by atoms with Crippen LogP contribution in [0.25, 0.3) is 0 Å². The molecule has 0 fully saturated rings. The molecule has 368 valence electrons. The molecule has 2 aromatic rings. The zero-order valence-corrected chi connectivity index (χ0v) is 39.5. The molecule has 0 aromatic heterocycles. The van der Waals surface area contributed by atoms with E-state index in [9.17, 15) is 43.8 Å². The topological polar surface area (TPSA) is 272 Å². The number of hydrogen-bond acceptors (Lipinski definition) is 10. The second kappa shape index (κ2) is 33.3. The van der Waals surface area contributed by atoms with Crippen LogP contribution >= 0.6 is 0 Å². The fourth-order valence-corrected chi connectivity index (χ4v) is 7.84. The van der Waals surface area contributed by atoms with Crippen LogP contribution in [0.2, 0.25) is 0 Å². The van der Waals surface area contributed by atoms with Gasteiger partial charge in [-0.2, -0.15) is 0 Å². The van der Waals surface area contributed by atoms with E-state index in [2.05, 4.69) is 26.6 Å². The highest BCUT2D eigenvalue weighted by molar-refractivity contribution is 5.94. The molecular formula is C50H79N7O9. The number of aliphatic hydroxyl groups is 1. The molecule has 0 aliphatic heterocycles. The van der Waals surface area contributed by atoms with Crippen LogP contribution in [-0.2, 0) is 46.4 Å². The van der Waals surface area contributed by atoms with E-state index < -0.39 is 65.9 Å². The normalized spacial score (nSPS) is 14.5. The molecule has 0 saturated carbocycles. The average molecular weight is 922 g/mol. The summed E-state index contributed by atoms with van der Waals surface area (Å²) in [6, 6.07) is 13.2. The summed E-state index contributed by atoms with van der Waals surface area (Å²) in [5, 5.41) is 34.8. The summed E-state index contributed by atoms with van der Waals surface area (Å²) in [5.74, 6) is -3.94. The predicted octanol–water partition coefficient (Wildman–Crippen LogP) is 4.13. The first kappa shape index (κ1) is 56.9. The lowest BCUT2D eigenvalue weighted by molar-refractivity contribution is -0.142. The maximum atomic E-state index is 13.7.